The average molecular weight is 352 g/mol. The summed E-state index contributed by atoms with van der Waals surface area (Å²) in [5, 5.41) is 9.15. The molecule has 1 aliphatic heterocycles. The van der Waals surface area contributed by atoms with Crippen LogP contribution in [0.1, 0.15) is 23.7 Å². The van der Waals surface area contributed by atoms with Gasteiger partial charge in [0.25, 0.3) is 5.91 Å². The summed E-state index contributed by atoms with van der Waals surface area (Å²) < 4.78 is 26.6. The first kappa shape index (κ1) is 18.2. The fourth-order valence-electron chi connectivity index (χ4n) is 2.77. The number of nitrogens with zero attached hydrogens (tertiary/aromatic N) is 1. The monoisotopic (exact) mass is 352 g/mol. The zero-order chi connectivity index (χ0) is 17.9. The standard InChI is InChI=1S/C16H20N2O5S/c1-3-8-17-24(22,23)13-6-4-5-12(10-13)15(19)18-9-7-14(11(18)2)16(20)21/h3-6,10-11,14,17H,1,7-9H2,2H3,(H,20,21). The van der Waals surface area contributed by atoms with Gasteiger partial charge in [0.05, 0.1) is 10.8 Å². The molecule has 1 fully saturated rings. The molecule has 2 atom stereocenters. The lowest BCUT2D eigenvalue weighted by Gasteiger charge is -2.23. The summed E-state index contributed by atoms with van der Waals surface area (Å²) in [4.78, 5) is 25.2. The number of carboxylic acids is 1. The van der Waals surface area contributed by atoms with Gasteiger partial charge in [0.1, 0.15) is 0 Å². The Hall–Kier alpha value is -2.19. The van der Waals surface area contributed by atoms with E-state index in [0.717, 1.165) is 0 Å². The molecule has 2 unspecified atom stereocenters. The minimum atomic E-state index is -3.73. The number of amides is 1. The van der Waals surface area contributed by atoms with Crippen LogP contribution in [-0.4, -0.2) is 49.4 Å². The maximum absolute atomic E-state index is 12.6. The molecule has 0 spiro atoms. The van der Waals surface area contributed by atoms with E-state index in [4.69, 9.17) is 5.11 Å². The molecule has 1 aliphatic rings. The van der Waals surface area contributed by atoms with Crippen molar-refractivity contribution in [3.8, 4) is 0 Å². The second-order valence-electron chi connectivity index (χ2n) is 5.64. The van der Waals surface area contributed by atoms with Gasteiger partial charge in [-0.05, 0) is 31.5 Å². The second-order valence-corrected chi connectivity index (χ2v) is 7.41. The molecule has 0 aliphatic carbocycles. The summed E-state index contributed by atoms with van der Waals surface area (Å²) in [5.74, 6) is -1.90. The van der Waals surface area contributed by atoms with E-state index in [9.17, 15) is 18.0 Å². The number of aliphatic carboxylic acids is 1. The Kier molecular flexibility index (Phi) is 5.40. The van der Waals surface area contributed by atoms with Crippen molar-refractivity contribution in [3.05, 3.63) is 42.5 Å². The number of carbonyl (C=O) groups is 2. The van der Waals surface area contributed by atoms with Crippen LogP contribution in [0, 0.1) is 5.92 Å². The van der Waals surface area contributed by atoms with Crippen LogP contribution in [0.3, 0.4) is 0 Å². The minimum Gasteiger partial charge on any atom is -0.481 e. The molecule has 1 amide bonds. The van der Waals surface area contributed by atoms with Crippen LogP contribution in [0.5, 0.6) is 0 Å². The number of likely N-dealkylation sites (tertiary alicyclic amines) is 1. The molecule has 0 aromatic heterocycles. The zero-order valence-electron chi connectivity index (χ0n) is 13.3. The molecule has 1 heterocycles. The van der Waals surface area contributed by atoms with Crippen LogP contribution in [0.15, 0.2) is 41.8 Å². The highest BCUT2D eigenvalue weighted by Gasteiger charge is 2.38. The van der Waals surface area contributed by atoms with E-state index in [2.05, 4.69) is 11.3 Å². The van der Waals surface area contributed by atoms with Crippen molar-refractivity contribution in [1.29, 1.82) is 0 Å². The highest BCUT2D eigenvalue weighted by Crippen LogP contribution is 2.26. The molecule has 2 N–H and O–H groups in total. The molecule has 1 saturated heterocycles. The van der Waals surface area contributed by atoms with Crippen LogP contribution >= 0.6 is 0 Å². The highest BCUT2D eigenvalue weighted by molar-refractivity contribution is 7.89. The Labute approximate surface area is 141 Å². The first-order valence-electron chi connectivity index (χ1n) is 7.52. The predicted octanol–water partition coefficient (Wildman–Crippen LogP) is 1.09. The Morgan fingerprint density at radius 3 is 2.75 bits per heavy atom. The molecule has 0 bridgehead atoms. The summed E-state index contributed by atoms with van der Waals surface area (Å²) in [5.41, 5.74) is 0.217. The fraction of sp³-hybridized carbons (Fsp3) is 0.375. The van der Waals surface area contributed by atoms with Crippen molar-refractivity contribution in [1.82, 2.24) is 9.62 Å². The smallest absolute Gasteiger partial charge is 0.308 e. The number of nitrogens with one attached hydrogen (secondary N) is 1. The van der Waals surface area contributed by atoms with Crippen LogP contribution < -0.4 is 4.72 Å². The van der Waals surface area contributed by atoms with E-state index < -0.39 is 28.0 Å². The molecule has 0 saturated carbocycles. The quantitative estimate of drug-likeness (QED) is 0.746. The average Bonchev–Trinajstić information content (AvgIpc) is 2.94. The fourth-order valence-corrected chi connectivity index (χ4v) is 3.81. The van der Waals surface area contributed by atoms with Gasteiger partial charge < -0.3 is 10.0 Å². The number of benzene rings is 1. The van der Waals surface area contributed by atoms with Gasteiger partial charge in [-0.2, -0.15) is 0 Å². The van der Waals surface area contributed by atoms with Crippen LogP contribution in [0.25, 0.3) is 0 Å². The topological polar surface area (TPSA) is 104 Å². The van der Waals surface area contributed by atoms with Crippen molar-refractivity contribution >= 4 is 21.9 Å². The van der Waals surface area contributed by atoms with E-state index >= 15 is 0 Å². The number of hydrogen-bond donors (Lipinski definition) is 2. The van der Waals surface area contributed by atoms with E-state index in [-0.39, 0.29) is 22.9 Å². The maximum Gasteiger partial charge on any atom is 0.308 e. The first-order chi connectivity index (χ1) is 11.3. The van der Waals surface area contributed by atoms with Gasteiger partial charge in [-0.1, -0.05) is 12.1 Å². The molecular formula is C16H20N2O5S. The molecular weight excluding hydrogens is 332 g/mol. The molecule has 2 rings (SSSR count). The summed E-state index contributed by atoms with van der Waals surface area (Å²) in [7, 11) is -3.73. The number of hydrogen-bond acceptors (Lipinski definition) is 4. The molecule has 8 heteroatoms. The van der Waals surface area contributed by atoms with Gasteiger partial charge in [0.2, 0.25) is 10.0 Å². The van der Waals surface area contributed by atoms with Gasteiger partial charge >= 0.3 is 5.97 Å². The Morgan fingerprint density at radius 2 is 2.17 bits per heavy atom. The highest BCUT2D eigenvalue weighted by atomic mass is 32.2. The maximum atomic E-state index is 12.6. The SMILES string of the molecule is C=CCNS(=O)(=O)c1cccc(C(=O)N2CCC(C(=O)O)C2C)c1. The number of sulfonamides is 1. The van der Waals surface area contributed by atoms with Gasteiger partial charge in [-0.25, -0.2) is 13.1 Å². The Morgan fingerprint density at radius 1 is 1.46 bits per heavy atom. The summed E-state index contributed by atoms with van der Waals surface area (Å²) in [6, 6.07) is 5.28. The molecule has 7 nitrogen and oxygen atoms in total. The second kappa shape index (κ2) is 7.14. The molecule has 1 aromatic carbocycles. The van der Waals surface area contributed by atoms with E-state index in [1.165, 1.54) is 35.2 Å². The van der Waals surface area contributed by atoms with Gasteiger partial charge in [0, 0.05) is 24.7 Å². The molecule has 24 heavy (non-hydrogen) atoms. The van der Waals surface area contributed by atoms with E-state index in [1.54, 1.807) is 6.92 Å². The van der Waals surface area contributed by atoms with Crippen LogP contribution in [0.2, 0.25) is 0 Å². The Bertz CT molecular complexity index is 759. The molecule has 130 valence electrons. The summed E-state index contributed by atoms with van der Waals surface area (Å²) in [6.07, 6.45) is 1.81. The lowest BCUT2D eigenvalue weighted by molar-refractivity contribution is -0.142. The van der Waals surface area contributed by atoms with Gasteiger partial charge in [0.15, 0.2) is 0 Å². The van der Waals surface area contributed by atoms with Crippen LogP contribution in [0.4, 0.5) is 0 Å². The lowest BCUT2D eigenvalue weighted by atomic mass is 10.0. The van der Waals surface area contributed by atoms with Crippen molar-refractivity contribution < 1.29 is 23.1 Å². The van der Waals surface area contributed by atoms with Crippen molar-refractivity contribution in [2.24, 2.45) is 5.92 Å². The number of carboxylic acid groups (broad SMARTS) is 1. The van der Waals surface area contributed by atoms with Crippen LogP contribution in [-0.2, 0) is 14.8 Å². The van der Waals surface area contributed by atoms with E-state index in [1.807, 2.05) is 0 Å². The third kappa shape index (κ3) is 3.65. The predicted molar refractivity (Wildman–Crippen MR) is 88.1 cm³/mol. The number of carbonyl (C=O) groups excluding carboxylic acids is 1. The summed E-state index contributed by atoms with van der Waals surface area (Å²) in [6.45, 7) is 5.56. The third-order valence-electron chi connectivity index (χ3n) is 4.14. The third-order valence-corrected chi connectivity index (χ3v) is 5.56. The van der Waals surface area contributed by atoms with Gasteiger partial charge in [-0.15, -0.1) is 6.58 Å². The summed E-state index contributed by atoms with van der Waals surface area (Å²) >= 11 is 0. The minimum absolute atomic E-state index is 0.0168. The van der Waals surface area contributed by atoms with E-state index in [0.29, 0.717) is 13.0 Å². The largest absolute Gasteiger partial charge is 0.481 e. The Balaban J connectivity index is 2.24. The lowest BCUT2D eigenvalue weighted by Crippen LogP contribution is -2.37. The normalized spacial score (nSPS) is 20.8. The molecule has 1 aromatic rings. The number of rotatable bonds is 6. The van der Waals surface area contributed by atoms with Crippen molar-refractivity contribution in [2.75, 3.05) is 13.1 Å². The van der Waals surface area contributed by atoms with Crippen molar-refractivity contribution in [2.45, 2.75) is 24.3 Å². The zero-order valence-corrected chi connectivity index (χ0v) is 14.1. The van der Waals surface area contributed by atoms with Gasteiger partial charge in [-0.3, -0.25) is 9.59 Å². The van der Waals surface area contributed by atoms with Crippen molar-refractivity contribution in [3.63, 3.8) is 0 Å². The molecule has 0 radical (unpaired) electrons. The first-order valence-corrected chi connectivity index (χ1v) is 9.00.